The van der Waals surface area contributed by atoms with E-state index in [1.807, 2.05) is 60.7 Å². The highest BCUT2D eigenvalue weighted by Crippen LogP contribution is 2.12. The Morgan fingerprint density at radius 3 is 2.04 bits per heavy atom. The molecule has 0 atom stereocenters. The molecular weight excluding hydrogens is 324 g/mol. The normalized spacial score (nSPS) is 11.5. The summed E-state index contributed by atoms with van der Waals surface area (Å²) in [7, 11) is -1.81. The lowest BCUT2D eigenvalue weighted by Crippen LogP contribution is -2.42. The van der Waals surface area contributed by atoms with E-state index in [0.29, 0.717) is 6.42 Å². The topological polar surface area (TPSA) is 57.7 Å². The SMILES string of the molecule is CN(C(=O)CN(CCc1ccccc1)S(C)(=O)=O)c1ccccc1. The molecule has 1 amide bonds. The molecule has 5 nitrogen and oxygen atoms in total. The van der Waals surface area contributed by atoms with Crippen LogP contribution in [0.15, 0.2) is 60.7 Å². The van der Waals surface area contributed by atoms with Gasteiger partial charge in [-0.05, 0) is 24.1 Å². The minimum atomic E-state index is -3.46. The van der Waals surface area contributed by atoms with Crippen molar-refractivity contribution in [1.82, 2.24) is 4.31 Å². The van der Waals surface area contributed by atoms with E-state index in [9.17, 15) is 13.2 Å². The fraction of sp³-hybridized carbons (Fsp3) is 0.278. The van der Waals surface area contributed by atoms with Crippen molar-refractivity contribution in [3.8, 4) is 0 Å². The third kappa shape index (κ3) is 5.18. The van der Waals surface area contributed by atoms with Crippen LogP contribution in [0.2, 0.25) is 0 Å². The molecule has 0 aromatic heterocycles. The molecule has 0 N–H and O–H groups in total. The van der Waals surface area contributed by atoms with E-state index in [-0.39, 0.29) is 19.0 Å². The van der Waals surface area contributed by atoms with Gasteiger partial charge in [-0.25, -0.2) is 8.42 Å². The van der Waals surface area contributed by atoms with Crippen molar-refractivity contribution in [3.63, 3.8) is 0 Å². The molecule has 0 bridgehead atoms. The number of para-hydroxylation sites is 1. The van der Waals surface area contributed by atoms with Gasteiger partial charge in [0.1, 0.15) is 0 Å². The number of hydrogen-bond donors (Lipinski definition) is 0. The maximum atomic E-state index is 12.4. The van der Waals surface area contributed by atoms with Crippen LogP contribution in [0.25, 0.3) is 0 Å². The Morgan fingerprint density at radius 2 is 1.50 bits per heavy atom. The molecule has 0 aliphatic rings. The smallest absolute Gasteiger partial charge is 0.242 e. The Labute approximate surface area is 143 Å². The number of carbonyl (C=O) groups is 1. The highest BCUT2D eigenvalue weighted by atomic mass is 32.2. The standard InChI is InChI=1S/C18H22N2O3S/c1-19(17-11-7-4-8-12-17)18(21)15-20(24(2,22)23)14-13-16-9-5-3-6-10-16/h3-12H,13-15H2,1-2H3. The molecule has 0 fully saturated rings. The fourth-order valence-electron chi connectivity index (χ4n) is 2.31. The van der Waals surface area contributed by atoms with Crippen molar-refractivity contribution in [2.24, 2.45) is 0 Å². The molecule has 128 valence electrons. The minimum absolute atomic E-state index is 0.170. The van der Waals surface area contributed by atoms with Crippen LogP contribution in [0.5, 0.6) is 0 Å². The summed E-state index contributed by atoms with van der Waals surface area (Å²) in [5.74, 6) is -0.264. The van der Waals surface area contributed by atoms with E-state index in [2.05, 4.69) is 0 Å². The van der Waals surface area contributed by atoms with Gasteiger partial charge in [-0.1, -0.05) is 48.5 Å². The second-order valence-corrected chi connectivity index (χ2v) is 7.60. The molecule has 0 aliphatic heterocycles. The first kappa shape index (κ1) is 18.2. The molecule has 0 saturated carbocycles. The molecule has 24 heavy (non-hydrogen) atoms. The number of carbonyl (C=O) groups excluding carboxylic acids is 1. The highest BCUT2D eigenvalue weighted by molar-refractivity contribution is 7.88. The molecule has 0 saturated heterocycles. The average molecular weight is 346 g/mol. The van der Waals surface area contributed by atoms with Gasteiger partial charge in [0.25, 0.3) is 0 Å². The van der Waals surface area contributed by atoms with Crippen molar-refractivity contribution in [2.45, 2.75) is 6.42 Å². The number of sulfonamides is 1. The van der Waals surface area contributed by atoms with Crippen LogP contribution < -0.4 is 4.90 Å². The van der Waals surface area contributed by atoms with Crippen LogP contribution in [0.1, 0.15) is 5.56 Å². The summed E-state index contributed by atoms with van der Waals surface area (Å²) >= 11 is 0. The van der Waals surface area contributed by atoms with Gasteiger partial charge in [-0.2, -0.15) is 4.31 Å². The summed E-state index contributed by atoms with van der Waals surface area (Å²) in [5, 5.41) is 0. The van der Waals surface area contributed by atoms with Gasteiger partial charge in [0, 0.05) is 19.3 Å². The fourth-order valence-corrected chi connectivity index (χ4v) is 3.08. The number of likely N-dealkylation sites (N-methyl/N-ethyl adjacent to an activating group) is 1. The van der Waals surface area contributed by atoms with Crippen molar-refractivity contribution in [1.29, 1.82) is 0 Å². The number of hydrogen-bond acceptors (Lipinski definition) is 3. The minimum Gasteiger partial charge on any atom is -0.314 e. The van der Waals surface area contributed by atoms with Crippen LogP contribution >= 0.6 is 0 Å². The lowest BCUT2D eigenvalue weighted by Gasteiger charge is -2.23. The number of anilines is 1. The van der Waals surface area contributed by atoms with Crippen molar-refractivity contribution in [2.75, 3.05) is 31.3 Å². The van der Waals surface area contributed by atoms with Gasteiger partial charge < -0.3 is 4.90 Å². The average Bonchev–Trinajstić information content (AvgIpc) is 2.58. The largest absolute Gasteiger partial charge is 0.314 e. The van der Waals surface area contributed by atoms with Crippen molar-refractivity contribution < 1.29 is 13.2 Å². The first-order valence-electron chi connectivity index (χ1n) is 7.68. The molecule has 0 spiro atoms. The zero-order valence-electron chi connectivity index (χ0n) is 13.9. The molecule has 6 heteroatoms. The summed E-state index contributed by atoms with van der Waals surface area (Å²) in [6.45, 7) is 0.105. The lowest BCUT2D eigenvalue weighted by molar-refractivity contribution is -0.118. The summed E-state index contributed by atoms with van der Waals surface area (Å²) < 4.78 is 25.2. The van der Waals surface area contributed by atoms with Crippen molar-refractivity contribution in [3.05, 3.63) is 66.2 Å². The van der Waals surface area contributed by atoms with Crippen LogP contribution in [0.3, 0.4) is 0 Å². The Balaban J connectivity index is 2.05. The first-order valence-corrected chi connectivity index (χ1v) is 9.53. The van der Waals surface area contributed by atoms with Crippen LogP contribution in [0, 0.1) is 0 Å². The number of benzene rings is 2. The van der Waals surface area contributed by atoms with Crippen LogP contribution in [0.4, 0.5) is 5.69 Å². The predicted molar refractivity (Wildman–Crippen MR) is 96.4 cm³/mol. The summed E-state index contributed by atoms with van der Waals surface area (Å²) in [6, 6.07) is 18.8. The zero-order chi connectivity index (χ0) is 17.6. The molecule has 0 radical (unpaired) electrons. The number of amides is 1. The van der Waals surface area contributed by atoms with E-state index in [1.54, 1.807) is 7.05 Å². The molecular formula is C18H22N2O3S. The summed E-state index contributed by atoms with van der Waals surface area (Å²) in [4.78, 5) is 13.9. The van der Waals surface area contributed by atoms with Gasteiger partial charge >= 0.3 is 0 Å². The molecule has 2 rings (SSSR count). The second-order valence-electron chi connectivity index (χ2n) is 5.62. The third-order valence-electron chi connectivity index (χ3n) is 3.79. The molecule has 0 unspecified atom stereocenters. The van der Waals surface area contributed by atoms with E-state index < -0.39 is 10.0 Å². The summed E-state index contributed by atoms with van der Waals surface area (Å²) in [6.07, 6.45) is 1.70. The maximum absolute atomic E-state index is 12.4. The number of rotatable bonds is 7. The summed E-state index contributed by atoms with van der Waals surface area (Å²) in [5.41, 5.74) is 1.77. The van der Waals surface area contributed by atoms with Gasteiger partial charge in [-0.15, -0.1) is 0 Å². The van der Waals surface area contributed by atoms with E-state index in [0.717, 1.165) is 17.5 Å². The molecule has 0 aliphatic carbocycles. The van der Waals surface area contributed by atoms with Gasteiger partial charge in [-0.3, -0.25) is 4.79 Å². The Hall–Kier alpha value is -2.18. The van der Waals surface area contributed by atoms with E-state index in [1.165, 1.54) is 9.21 Å². The maximum Gasteiger partial charge on any atom is 0.242 e. The quantitative estimate of drug-likeness (QED) is 0.772. The number of nitrogens with zero attached hydrogens (tertiary/aromatic N) is 2. The lowest BCUT2D eigenvalue weighted by atomic mass is 10.1. The van der Waals surface area contributed by atoms with E-state index >= 15 is 0 Å². The van der Waals surface area contributed by atoms with Gasteiger partial charge in [0.2, 0.25) is 15.9 Å². The Kier molecular flexibility index (Phi) is 6.11. The first-order chi connectivity index (χ1) is 11.4. The third-order valence-corrected chi connectivity index (χ3v) is 5.04. The predicted octanol–water partition coefficient (Wildman–Crippen LogP) is 2.15. The molecule has 2 aromatic rings. The van der Waals surface area contributed by atoms with Gasteiger partial charge in [0.15, 0.2) is 0 Å². The Bertz CT molecular complexity index is 761. The molecule has 2 aromatic carbocycles. The van der Waals surface area contributed by atoms with Crippen LogP contribution in [-0.4, -0.2) is 45.0 Å². The highest BCUT2D eigenvalue weighted by Gasteiger charge is 2.22. The van der Waals surface area contributed by atoms with Gasteiger partial charge in [0.05, 0.1) is 12.8 Å². The van der Waals surface area contributed by atoms with Crippen molar-refractivity contribution >= 4 is 21.6 Å². The van der Waals surface area contributed by atoms with Crippen LogP contribution in [-0.2, 0) is 21.2 Å². The monoisotopic (exact) mass is 346 g/mol. The second kappa shape index (κ2) is 8.08. The Morgan fingerprint density at radius 1 is 0.958 bits per heavy atom. The van der Waals surface area contributed by atoms with E-state index in [4.69, 9.17) is 0 Å². The molecule has 0 heterocycles. The zero-order valence-corrected chi connectivity index (χ0v) is 14.7.